The maximum Gasteiger partial charge on any atom is 0.259 e. The predicted octanol–water partition coefficient (Wildman–Crippen LogP) is 4.16. The molecule has 7 nitrogen and oxygen atoms in total. The molecule has 0 unspecified atom stereocenters. The molecule has 3 aromatic heterocycles. The van der Waals surface area contributed by atoms with E-state index in [1.807, 2.05) is 29.6 Å². The van der Waals surface area contributed by atoms with Crippen molar-refractivity contribution in [1.29, 1.82) is 0 Å². The van der Waals surface area contributed by atoms with E-state index in [1.54, 1.807) is 42.7 Å². The second-order valence-electron chi connectivity index (χ2n) is 6.54. The SMILES string of the molecule is C[C@@H](C(=O)NCc1cccs1)n1cc(-c2nc(-c3ccccc3Cl)no2)ccc1=O. The molecule has 1 amide bonds. The van der Waals surface area contributed by atoms with Gasteiger partial charge in [-0.2, -0.15) is 4.98 Å². The van der Waals surface area contributed by atoms with E-state index in [-0.39, 0.29) is 17.4 Å². The second kappa shape index (κ2) is 8.64. The number of aromatic nitrogens is 3. The molecule has 0 spiro atoms. The average molecular weight is 441 g/mol. The molecular formula is C21H17ClN4O3S. The van der Waals surface area contributed by atoms with Crippen LogP contribution >= 0.6 is 22.9 Å². The van der Waals surface area contributed by atoms with Gasteiger partial charge in [-0.25, -0.2) is 0 Å². The lowest BCUT2D eigenvalue weighted by Gasteiger charge is -2.15. The maximum atomic E-state index is 12.5. The number of hydrogen-bond donors (Lipinski definition) is 1. The van der Waals surface area contributed by atoms with Crippen LogP contribution in [0.3, 0.4) is 0 Å². The van der Waals surface area contributed by atoms with E-state index in [2.05, 4.69) is 15.5 Å². The van der Waals surface area contributed by atoms with Gasteiger partial charge in [0.25, 0.3) is 11.4 Å². The topological polar surface area (TPSA) is 90.0 Å². The van der Waals surface area contributed by atoms with Crippen molar-refractivity contribution in [2.24, 2.45) is 0 Å². The van der Waals surface area contributed by atoms with Crippen molar-refractivity contribution in [3.63, 3.8) is 0 Å². The van der Waals surface area contributed by atoms with E-state index in [0.717, 1.165) is 4.88 Å². The Balaban J connectivity index is 1.57. The molecule has 1 aromatic carbocycles. The summed E-state index contributed by atoms with van der Waals surface area (Å²) in [5.41, 5.74) is 0.866. The average Bonchev–Trinajstić information content (AvgIpc) is 3.44. The summed E-state index contributed by atoms with van der Waals surface area (Å²) in [5, 5.41) is 9.27. The highest BCUT2D eigenvalue weighted by Crippen LogP contribution is 2.27. The molecule has 0 saturated heterocycles. The van der Waals surface area contributed by atoms with Gasteiger partial charge in [-0.15, -0.1) is 11.3 Å². The number of carbonyl (C=O) groups is 1. The smallest absolute Gasteiger partial charge is 0.259 e. The molecule has 1 atom stereocenters. The molecule has 152 valence electrons. The summed E-state index contributed by atoms with van der Waals surface area (Å²) in [5.74, 6) is 0.310. The van der Waals surface area contributed by atoms with Crippen LogP contribution in [0.5, 0.6) is 0 Å². The van der Waals surface area contributed by atoms with Gasteiger partial charge in [-0.1, -0.05) is 35.0 Å². The number of carbonyl (C=O) groups excluding carboxylic acids is 1. The summed E-state index contributed by atoms with van der Waals surface area (Å²) >= 11 is 7.75. The third kappa shape index (κ3) is 4.19. The van der Waals surface area contributed by atoms with Crippen molar-refractivity contribution < 1.29 is 9.32 Å². The first-order valence-electron chi connectivity index (χ1n) is 9.14. The number of amides is 1. The molecule has 30 heavy (non-hydrogen) atoms. The second-order valence-corrected chi connectivity index (χ2v) is 7.98. The molecule has 4 rings (SSSR count). The number of rotatable bonds is 6. The van der Waals surface area contributed by atoms with E-state index >= 15 is 0 Å². The Hall–Kier alpha value is -3.23. The Labute approximate surface area is 180 Å². The standard InChI is InChI=1S/C21H17ClN4O3S/c1-13(20(28)23-11-15-5-4-10-30-15)26-12-14(8-9-18(26)27)21-24-19(25-29-21)16-6-2-3-7-17(16)22/h2-10,12-13H,11H2,1H3,(H,23,28)/t13-/m0/s1. The highest BCUT2D eigenvalue weighted by molar-refractivity contribution is 7.09. The van der Waals surface area contributed by atoms with Crippen LogP contribution in [0.25, 0.3) is 22.8 Å². The first-order valence-corrected chi connectivity index (χ1v) is 10.4. The molecule has 0 bridgehead atoms. The molecule has 9 heteroatoms. The summed E-state index contributed by atoms with van der Waals surface area (Å²) in [6.45, 7) is 2.08. The van der Waals surface area contributed by atoms with Crippen LogP contribution in [-0.2, 0) is 11.3 Å². The van der Waals surface area contributed by atoms with Gasteiger partial charge in [0.1, 0.15) is 6.04 Å². The Kier molecular flexibility index (Phi) is 5.78. The first kappa shape index (κ1) is 20.1. The number of hydrogen-bond acceptors (Lipinski definition) is 6. The van der Waals surface area contributed by atoms with Crippen LogP contribution in [0.1, 0.15) is 17.8 Å². The van der Waals surface area contributed by atoms with Gasteiger partial charge in [0.05, 0.1) is 17.1 Å². The van der Waals surface area contributed by atoms with Crippen molar-refractivity contribution in [2.45, 2.75) is 19.5 Å². The van der Waals surface area contributed by atoms with Gasteiger partial charge in [-0.3, -0.25) is 9.59 Å². The Bertz CT molecular complexity index is 1230. The summed E-state index contributed by atoms with van der Waals surface area (Å²) in [6.07, 6.45) is 1.54. The molecule has 0 aliphatic carbocycles. The lowest BCUT2D eigenvalue weighted by molar-refractivity contribution is -0.124. The van der Waals surface area contributed by atoms with Crippen molar-refractivity contribution in [3.8, 4) is 22.8 Å². The van der Waals surface area contributed by atoms with Crippen molar-refractivity contribution >= 4 is 28.8 Å². The van der Waals surface area contributed by atoms with Gasteiger partial charge >= 0.3 is 0 Å². The molecule has 0 fully saturated rings. The minimum absolute atomic E-state index is 0.227. The van der Waals surface area contributed by atoms with E-state index in [9.17, 15) is 9.59 Å². The highest BCUT2D eigenvalue weighted by Gasteiger charge is 2.19. The van der Waals surface area contributed by atoms with Crippen LogP contribution in [0.15, 0.2) is 69.4 Å². The molecule has 3 heterocycles. The highest BCUT2D eigenvalue weighted by atomic mass is 35.5. The summed E-state index contributed by atoms with van der Waals surface area (Å²) in [7, 11) is 0. The predicted molar refractivity (Wildman–Crippen MR) is 115 cm³/mol. The van der Waals surface area contributed by atoms with Gasteiger partial charge in [0.15, 0.2) is 0 Å². The zero-order valence-corrected chi connectivity index (χ0v) is 17.5. The zero-order valence-electron chi connectivity index (χ0n) is 15.9. The van der Waals surface area contributed by atoms with Gasteiger partial charge in [0.2, 0.25) is 11.7 Å². The van der Waals surface area contributed by atoms with Crippen LogP contribution in [0, 0.1) is 0 Å². The van der Waals surface area contributed by atoms with E-state index in [0.29, 0.717) is 28.5 Å². The summed E-state index contributed by atoms with van der Waals surface area (Å²) in [4.78, 5) is 30.3. The summed E-state index contributed by atoms with van der Waals surface area (Å²) < 4.78 is 6.70. The molecule has 0 saturated carbocycles. The minimum atomic E-state index is -0.705. The van der Waals surface area contributed by atoms with Crippen molar-refractivity contribution in [2.75, 3.05) is 0 Å². The molecule has 1 N–H and O–H groups in total. The largest absolute Gasteiger partial charge is 0.349 e. The lowest BCUT2D eigenvalue weighted by atomic mass is 10.2. The molecule has 0 aliphatic heterocycles. The fraction of sp³-hybridized carbons (Fsp3) is 0.143. The molecule has 0 radical (unpaired) electrons. The van der Waals surface area contributed by atoms with E-state index in [4.69, 9.17) is 16.1 Å². The normalized spacial score (nSPS) is 11.9. The zero-order chi connectivity index (χ0) is 21.1. The number of nitrogens with zero attached hydrogens (tertiary/aromatic N) is 3. The first-order chi connectivity index (χ1) is 14.5. The number of thiophene rings is 1. The Morgan fingerprint density at radius 1 is 1.23 bits per heavy atom. The van der Waals surface area contributed by atoms with Gasteiger partial charge in [0, 0.05) is 22.7 Å². The fourth-order valence-corrected chi connectivity index (χ4v) is 3.75. The quantitative estimate of drug-likeness (QED) is 0.486. The number of nitrogens with one attached hydrogen (secondary N) is 1. The number of benzene rings is 1. The molecule has 0 aliphatic rings. The van der Waals surface area contributed by atoms with Crippen LogP contribution < -0.4 is 10.9 Å². The third-order valence-electron chi connectivity index (χ3n) is 4.54. The monoisotopic (exact) mass is 440 g/mol. The van der Waals surface area contributed by atoms with Gasteiger partial charge < -0.3 is 14.4 Å². The number of halogens is 1. The fourth-order valence-electron chi connectivity index (χ4n) is 2.89. The van der Waals surface area contributed by atoms with Crippen molar-refractivity contribution in [1.82, 2.24) is 20.0 Å². The van der Waals surface area contributed by atoms with Crippen LogP contribution in [0.4, 0.5) is 0 Å². The minimum Gasteiger partial charge on any atom is -0.349 e. The van der Waals surface area contributed by atoms with E-state index in [1.165, 1.54) is 10.6 Å². The maximum absolute atomic E-state index is 12.5. The Morgan fingerprint density at radius 3 is 2.83 bits per heavy atom. The van der Waals surface area contributed by atoms with Crippen LogP contribution in [0.2, 0.25) is 5.02 Å². The molecular weight excluding hydrogens is 424 g/mol. The van der Waals surface area contributed by atoms with E-state index < -0.39 is 6.04 Å². The molecule has 4 aromatic rings. The number of pyridine rings is 1. The Morgan fingerprint density at radius 2 is 2.07 bits per heavy atom. The lowest BCUT2D eigenvalue weighted by Crippen LogP contribution is -2.35. The van der Waals surface area contributed by atoms with Crippen molar-refractivity contribution in [3.05, 3.63) is 80.4 Å². The third-order valence-corrected chi connectivity index (χ3v) is 5.75. The summed E-state index contributed by atoms with van der Waals surface area (Å²) in [6, 6.07) is 13.3. The van der Waals surface area contributed by atoms with Gasteiger partial charge in [-0.05, 0) is 36.6 Å². The van der Waals surface area contributed by atoms with Crippen LogP contribution in [-0.4, -0.2) is 20.6 Å².